The van der Waals surface area contributed by atoms with Gasteiger partial charge in [0.15, 0.2) is 6.10 Å². The number of esters is 1. The molecule has 0 aromatic heterocycles. The molecule has 0 amide bonds. The van der Waals surface area contributed by atoms with Gasteiger partial charge in [-0.15, -0.1) is 0 Å². The Balaban J connectivity index is 2.43. The second-order valence-electron chi connectivity index (χ2n) is 1.46. The minimum absolute atomic E-state index is 0.351. The first-order valence-corrected chi connectivity index (χ1v) is 3.21. The minimum Gasteiger partial charge on any atom is -0.467 e. The summed E-state index contributed by atoms with van der Waals surface area (Å²) in [4.78, 5) is 10.6. The molecule has 0 spiro atoms. The fourth-order valence-electron chi connectivity index (χ4n) is 0.461. The molecule has 0 aliphatic carbocycles. The Hall–Kier alpha value is -0.480. The fourth-order valence-corrected chi connectivity index (χ4v) is 0.995. The van der Waals surface area contributed by atoms with Gasteiger partial charge in [0.05, 0.1) is 7.11 Å². The first kappa shape index (κ1) is 6.64. The number of ether oxygens (including phenoxy) is 1. The van der Waals surface area contributed by atoms with Gasteiger partial charge < -0.3 is 4.74 Å². The second-order valence-corrected chi connectivity index (χ2v) is 2.12. The van der Waals surface area contributed by atoms with Gasteiger partial charge in [-0.2, -0.15) is 0 Å². The molecule has 0 fully saturated rings. The van der Waals surface area contributed by atoms with E-state index in [0.29, 0.717) is 0 Å². The molecule has 1 atom stereocenters. The third-order valence-corrected chi connectivity index (χ3v) is 1.49. The molecule has 0 N–H and O–H groups in total. The Bertz CT molecular complexity index is 143. The molecule has 3 nitrogen and oxygen atoms in total. The van der Waals surface area contributed by atoms with E-state index in [1.54, 1.807) is 11.5 Å². The molecule has 1 aliphatic rings. The van der Waals surface area contributed by atoms with E-state index in [2.05, 4.69) is 4.74 Å². The molecule has 50 valence electrons. The molecule has 0 saturated carbocycles. The Morgan fingerprint density at radius 1 is 1.89 bits per heavy atom. The van der Waals surface area contributed by atoms with Crippen LogP contribution in [0.5, 0.6) is 0 Å². The van der Waals surface area contributed by atoms with Crippen LogP contribution in [0.3, 0.4) is 0 Å². The molecule has 1 rings (SSSR count). The molecule has 4 heteroatoms. The third-order valence-electron chi connectivity index (χ3n) is 0.902. The lowest BCUT2D eigenvalue weighted by atomic mass is 10.4. The van der Waals surface area contributed by atoms with Crippen LogP contribution in [-0.2, 0) is 13.7 Å². The monoisotopic (exact) mass is 146 g/mol. The molecule has 0 bridgehead atoms. The lowest BCUT2D eigenvalue weighted by molar-refractivity contribution is -0.145. The Morgan fingerprint density at radius 3 is 3.11 bits per heavy atom. The average Bonchev–Trinajstić information content (AvgIpc) is 2.37. The highest BCUT2D eigenvalue weighted by Gasteiger charge is 2.19. The number of rotatable bonds is 1. The highest BCUT2D eigenvalue weighted by atomic mass is 32.2. The first-order chi connectivity index (χ1) is 4.34. The SMILES string of the molecule is COC(=O)C1C=CSO1. The molecule has 0 radical (unpaired) electrons. The Labute approximate surface area is 57.2 Å². The summed E-state index contributed by atoms with van der Waals surface area (Å²) < 4.78 is 9.24. The van der Waals surface area contributed by atoms with Gasteiger partial charge in [0.25, 0.3) is 0 Å². The van der Waals surface area contributed by atoms with Crippen LogP contribution in [-0.4, -0.2) is 19.2 Å². The third kappa shape index (κ3) is 1.46. The van der Waals surface area contributed by atoms with Gasteiger partial charge in [-0.3, -0.25) is 4.18 Å². The van der Waals surface area contributed by atoms with E-state index in [-0.39, 0.29) is 5.97 Å². The van der Waals surface area contributed by atoms with Gasteiger partial charge in [0, 0.05) is 12.0 Å². The fraction of sp³-hybridized carbons (Fsp3) is 0.400. The Morgan fingerprint density at radius 2 is 2.67 bits per heavy atom. The van der Waals surface area contributed by atoms with E-state index >= 15 is 0 Å². The zero-order valence-corrected chi connectivity index (χ0v) is 5.68. The summed E-state index contributed by atoms with van der Waals surface area (Å²) in [7, 11) is 1.34. The van der Waals surface area contributed by atoms with Crippen molar-refractivity contribution in [3.63, 3.8) is 0 Å². The van der Waals surface area contributed by atoms with E-state index in [0.717, 1.165) is 12.0 Å². The normalized spacial score (nSPS) is 24.3. The summed E-state index contributed by atoms with van der Waals surface area (Å²) >= 11 is 1.14. The summed E-state index contributed by atoms with van der Waals surface area (Å²) in [6.45, 7) is 0. The van der Waals surface area contributed by atoms with Crippen molar-refractivity contribution >= 4 is 18.0 Å². The first-order valence-electron chi connectivity index (χ1n) is 2.41. The highest BCUT2D eigenvalue weighted by Crippen LogP contribution is 2.18. The van der Waals surface area contributed by atoms with Gasteiger partial charge >= 0.3 is 5.97 Å². The topological polar surface area (TPSA) is 35.5 Å². The van der Waals surface area contributed by atoms with Crippen molar-refractivity contribution in [2.75, 3.05) is 7.11 Å². The van der Waals surface area contributed by atoms with Crippen molar-refractivity contribution < 1.29 is 13.7 Å². The summed E-state index contributed by atoms with van der Waals surface area (Å²) in [6.07, 6.45) is 1.15. The number of hydrogen-bond donors (Lipinski definition) is 0. The van der Waals surface area contributed by atoms with E-state index in [1.165, 1.54) is 7.11 Å². The molecule has 1 heterocycles. The van der Waals surface area contributed by atoms with Crippen molar-refractivity contribution in [3.8, 4) is 0 Å². The summed E-state index contributed by atoms with van der Waals surface area (Å²) in [5, 5.41) is 1.71. The van der Waals surface area contributed by atoms with E-state index in [9.17, 15) is 4.79 Å². The van der Waals surface area contributed by atoms with Crippen molar-refractivity contribution in [1.29, 1.82) is 0 Å². The molecule has 1 unspecified atom stereocenters. The maximum Gasteiger partial charge on any atom is 0.340 e. The number of methoxy groups -OCH3 is 1. The van der Waals surface area contributed by atoms with Crippen molar-refractivity contribution in [2.45, 2.75) is 6.10 Å². The van der Waals surface area contributed by atoms with Gasteiger partial charge in [-0.25, -0.2) is 4.79 Å². The predicted octanol–water partition coefficient (Wildman–Crippen LogP) is 0.720. The number of carbonyl (C=O) groups is 1. The lowest BCUT2D eigenvalue weighted by Gasteiger charge is -2.01. The van der Waals surface area contributed by atoms with Crippen LogP contribution >= 0.6 is 12.0 Å². The summed E-state index contributed by atoms with van der Waals surface area (Å²) in [5.41, 5.74) is 0. The zero-order valence-electron chi connectivity index (χ0n) is 4.87. The largest absolute Gasteiger partial charge is 0.467 e. The Kier molecular flexibility index (Phi) is 2.13. The zero-order chi connectivity index (χ0) is 6.69. The van der Waals surface area contributed by atoms with Crippen LogP contribution in [0.25, 0.3) is 0 Å². The summed E-state index contributed by atoms with van der Waals surface area (Å²) in [6, 6.07) is 0. The molecule has 0 aromatic rings. The van der Waals surface area contributed by atoms with Crippen LogP contribution in [0.1, 0.15) is 0 Å². The second kappa shape index (κ2) is 2.89. The molecule has 0 aromatic carbocycles. The van der Waals surface area contributed by atoms with E-state index in [4.69, 9.17) is 4.18 Å². The van der Waals surface area contributed by atoms with E-state index < -0.39 is 6.10 Å². The quantitative estimate of drug-likeness (QED) is 0.403. The van der Waals surface area contributed by atoms with Crippen LogP contribution in [0.4, 0.5) is 0 Å². The van der Waals surface area contributed by atoms with Gasteiger partial charge in [-0.1, -0.05) is 0 Å². The smallest absolute Gasteiger partial charge is 0.340 e. The predicted molar refractivity (Wildman–Crippen MR) is 33.6 cm³/mol. The van der Waals surface area contributed by atoms with Gasteiger partial charge in [-0.05, 0) is 11.5 Å². The highest BCUT2D eigenvalue weighted by molar-refractivity contribution is 7.97. The van der Waals surface area contributed by atoms with Gasteiger partial charge in [0.2, 0.25) is 0 Å². The average molecular weight is 146 g/mol. The maximum atomic E-state index is 10.6. The summed E-state index contributed by atoms with van der Waals surface area (Å²) in [5.74, 6) is -0.351. The standard InChI is InChI=1S/C5H6O3S/c1-7-5(6)4-2-3-9-8-4/h2-4H,1H3. The molecule has 0 saturated heterocycles. The van der Waals surface area contributed by atoms with Crippen molar-refractivity contribution in [1.82, 2.24) is 0 Å². The number of hydrogen-bond acceptors (Lipinski definition) is 4. The van der Waals surface area contributed by atoms with Crippen LogP contribution < -0.4 is 0 Å². The maximum absolute atomic E-state index is 10.6. The molecule has 1 aliphatic heterocycles. The van der Waals surface area contributed by atoms with Crippen LogP contribution in [0.2, 0.25) is 0 Å². The van der Waals surface area contributed by atoms with Crippen LogP contribution in [0.15, 0.2) is 11.5 Å². The minimum atomic E-state index is -0.500. The molecular formula is C5H6O3S. The molecule has 9 heavy (non-hydrogen) atoms. The van der Waals surface area contributed by atoms with Crippen LogP contribution in [0, 0.1) is 0 Å². The van der Waals surface area contributed by atoms with Gasteiger partial charge in [0.1, 0.15) is 0 Å². The lowest BCUT2D eigenvalue weighted by Crippen LogP contribution is -2.18. The molecular weight excluding hydrogens is 140 g/mol. The van der Waals surface area contributed by atoms with E-state index in [1.807, 2.05) is 0 Å². The van der Waals surface area contributed by atoms with Crippen molar-refractivity contribution in [2.24, 2.45) is 0 Å². The number of carbonyl (C=O) groups excluding carboxylic acids is 1. The van der Waals surface area contributed by atoms with Crippen molar-refractivity contribution in [3.05, 3.63) is 11.5 Å².